The molecule has 0 fully saturated rings. The van der Waals surface area contributed by atoms with Crippen LogP contribution in [0.4, 0.5) is 5.69 Å². The van der Waals surface area contributed by atoms with E-state index in [-0.39, 0.29) is 17.1 Å². The van der Waals surface area contributed by atoms with Crippen LogP contribution < -0.4 is 10.6 Å². The zero-order valence-electron chi connectivity index (χ0n) is 14.7. The van der Waals surface area contributed by atoms with Gasteiger partial charge in [-0.25, -0.2) is 0 Å². The molecule has 2 amide bonds. The molecule has 0 aliphatic carbocycles. The first-order valence-electron chi connectivity index (χ1n) is 8.06. The molecule has 8 heteroatoms. The Hall–Kier alpha value is -2.57. The van der Waals surface area contributed by atoms with Crippen molar-refractivity contribution < 1.29 is 19.1 Å². The molecule has 1 atom stereocenters. The maximum atomic E-state index is 12.1. The maximum absolute atomic E-state index is 12.1. The maximum Gasteiger partial charge on any atom is 0.326 e. The van der Waals surface area contributed by atoms with Crippen LogP contribution in [0.15, 0.2) is 42.5 Å². The molecular formula is C19H18Cl2N2O4. The lowest BCUT2D eigenvalue weighted by atomic mass is 10.2. The van der Waals surface area contributed by atoms with Gasteiger partial charge in [-0.15, -0.1) is 0 Å². The number of esters is 1. The van der Waals surface area contributed by atoms with Gasteiger partial charge in [0, 0.05) is 11.3 Å². The lowest BCUT2D eigenvalue weighted by Crippen LogP contribution is -2.35. The Balaban J connectivity index is 1.81. The van der Waals surface area contributed by atoms with Crippen LogP contribution in [0.25, 0.3) is 0 Å². The van der Waals surface area contributed by atoms with Gasteiger partial charge in [0.1, 0.15) is 6.54 Å². The van der Waals surface area contributed by atoms with E-state index in [1.807, 2.05) is 19.1 Å². The number of rotatable bonds is 6. The van der Waals surface area contributed by atoms with Gasteiger partial charge in [0.25, 0.3) is 11.8 Å². The molecule has 0 saturated heterocycles. The van der Waals surface area contributed by atoms with Crippen molar-refractivity contribution in [3.63, 3.8) is 0 Å². The fourth-order valence-corrected chi connectivity index (χ4v) is 2.36. The predicted molar refractivity (Wildman–Crippen MR) is 104 cm³/mol. The number of benzene rings is 2. The molecular weight excluding hydrogens is 391 g/mol. The average molecular weight is 409 g/mol. The highest BCUT2D eigenvalue weighted by atomic mass is 35.5. The summed E-state index contributed by atoms with van der Waals surface area (Å²) in [5.74, 6) is -1.72. The molecule has 2 N–H and O–H groups in total. The normalized spacial score (nSPS) is 11.4. The zero-order valence-corrected chi connectivity index (χ0v) is 16.2. The van der Waals surface area contributed by atoms with E-state index in [1.165, 1.54) is 25.1 Å². The van der Waals surface area contributed by atoms with Gasteiger partial charge in [0.05, 0.1) is 10.0 Å². The Labute approximate surface area is 166 Å². The minimum atomic E-state index is -1.01. The van der Waals surface area contributed by atoms with Crippen molar-refractivity contribution in [1.82, 2.24) is 5.32 Å². The van der Waals surface area contributed by atoms with Gasteiger partial charge in [0.15, 0.2) is 6.10 Å². The quantitative estimate of drug-likeness (QED) is 0.714. The number of hydrogen-bond donors (Lipinski definition) is 2. The number of hydrogen-bond acceptors (Lipinski definition) is 4. The summed E-state index contributed by atoms with van der Waals surface area (Å²) in [5.41, 5.74) is 1.91. The van der Waals surface area contributed by atoms with Crippen LogP contribution in [0.1, 0.15) is 22.8 Å². The molecule has 2 aromatic carbocycles. The summed E-state index contributed by atoms with van der Waals surface area (Å²) in [7, 11) is 0. The molecule has 0 spiro atoms. The molecule has 6 nitrogen and oxygen atoms in total. The molecule has 142 valence electrons. The number of carbonyl (C=O) groups is 3. The zero-order chi connectivity index (χ0) is 20.0. The van der Waals surface area contributed by atoms with Gasteiger partial charge in [0.2, 0.25) is 0 Å². The molecule has 0 aromatic heterocycles. The first kappa shape index (κ1) is 20.7. The highest BCUT2D eigenvalue weighted by Crippen LogP contribution is 2.22. The second-order valence-electron chi connectivity index (χ2n) is 5.80. The number of ether oxygens (including phenoxy) is 1. The fourth-order valence-electron chi connectivity index (χ4n) is 2.07. The number of amides is 2. The van der Waals surface area contributed by atoms with Crippen molar-refractivity contribution in [2.45, 2.75) is 20.0 Å². The minimum absolute atomic E-state index is 0.230. The summed E-state index contributed by atoms with van der Waals surface area (Å²) in [6.07, 6.45) is -1.01. The SMILES string of the molecule is Cc1ccc(NC(=O)[C@@H](C)OC(=O)CNC(=O)c2ccc(Cl)c(Cl)c2)cc1. The van der Waals surface area contributed by atoms with E-state index in [0.29, 0.717) is 10.7 Å². The predicted octanol–water partition coefficient (Wildman–Crippen LogP) is 3.60. The second-order valence-corrected chi connectivity index (χ2v) is 6.61. The molecule has 27 heavy (non-hydrogen) atoms. The van der Waals surface area contributed by atoms with Crippen LogP contribution in [-0.4, -0.2) is 30.4 Å². The van der Waals surface area contributed by atoms with E-state index in [1.54, 1.807) is 12.1 Å². The third-order valence-electron chi connectivity index (χ3n) is 3.57. The summed E-state index contributed by atoms with van der Waals surface area (Å²) in [6, 6.07) is 11.6. The van der Waals surface area contributed by atoms with Crippen molar-refractivity contribution in [2.24, 2.45) is 0 Å². The van der Waals surface area contributed by atoms with E-state index in [4.69, 9.17) is 27.9 Å². The summed E-state index contributed by atoms with van der Waals surface area (Å²) >= 11 is 11.6. The highest BCUT2D eigenvalue weighted by Gasteiger charge is 2.18. The van der Waals surface area contributed by atoms with E-state index in [9.17, 15) is 14.4 Å². The van der Waals surface area contributed by atoms with E-state index in [2.05, 4.69) is 10.6 Å². The lowest BCUT2D eigenvalue weighted by Gasteiger charge is -2.14. The van der Waals surface area contributed by atoms with Crippen molar-refractivity contribution >= 4 is 46.7 Å². The summed E-state index contributed by atoms with van der Waals surface area (Å²) in [6.45, 7) is 2.99. The molecule has 0 radical (unpaired) electrons. The van der Waals surface area contributed by atoms with Crippen molar-refractivity contribution in [1.29, 1.82) is 0 Å². The number of halogens is 2. The van der Waals surface area contributed by atoms with Crippen LogP contribution in [0.3, 0.4) is 0 Å². The first-order valence-corrected chi connectivity index (χ1v) is 8.82. The number of anilines is 1. The summed E-state index contributed by atoms with van der Waals surface area (Å²) < 4.78 is 5.02. The summed E-state index contributed by atoms with van der Waals surface area (Å²) in [5, 5.41) is 5.59. The van der Waals surface area contributed by atoms with Gasteiger partial charge < -0.3 is 15.4 Å². The third kappa shape index (κ3) is 6.27. The van der Waals surface area contributed by atoms with Crippen molar-refractivity contribution in [3.8, 4) is 0 Å². The third-order valence-corrected chi connectivity index (χ3v) is 4.31. The minimum Gasteiger partial charge on any atom is -0.451 e. The standard InChI is InChI=1S/C19H18Cl2N2O4/c1-11-3-6-14(7-4-11)23-18(25)12(2)27-17(24)10-22-19(26)13-5-8-15(20)16(21)9-13/h3-9,12H,10H2,1-2H3,(H,22,26)(H,23,25)/t12-/m1/s1. The van der Waals surface area contributed by atoms with E-state index in [0.717, 1.165) is 5.56 Å². The van der Waals surface area contributed by atoms with Gasteiger partial charge in [-0.2, -0.15) is 0 Å². The molecule has 0 aliphatic heterocycles. The average Bonchev–Trinajstić information content (AvgIpc) is 2.63. The fraction of sp³-hybridized carbons (Fsp3) is 0.211. The molecule has 0 unspecified atom stereocenters. The Morgan fingerprint density at radius 2 is 1.70 bits per heavy atom. The number of nitrogens with one attached hydrogen (secondary N) is 2. The van der Waals surface area contributed by atoms with Crippen molar-refractivity contribution in [3.05, 3.63) is 63.6 Å². The van der Waals surface area contributed by atoms with Gasteiger partial charge >= 0.3 is 5.97 Å². The molecule has 2 rings (SSSR count). The largest absolute Gasteiger partial charge is 0.451 e. The number of aryl methyl sites for hydroxylation is 1. The Morgan fingerprint density at radius 1 is 1.04 bits per heavy atom. The molecule has 0 saturated carbocycles. The Kier molecular flexibility index (Phi) is 7.21. The van der Waals surface area contributed by atoms with Gasteiger partial charge in [-0.1, -0.05) is 40.9 Å². The Morgan fingerprint density at radius 3 is 2.33 bits per heavy atom. The van der Waals surface area contributed by atoms with E-state index >= 15 is 0 Å². The number of carbonyl (C=O) groups excluding carboxylic acids is 3. The van der Waals surface area contributed by atoms with Gasteiger partial charge in [-0.05, 0) is 44.2 Å². The van der Waals surface area contributed by atoms with Crippen LogP contribution in [0.5, 0.6) is 0 Å². The van der Waals surface area contributed by atoms with Crippen LogP contribution in [0, 0.1) is 6.92 Å². The molecule has 2 aromatic rings. The lowest BCUT2D eigenvalue weighted by molar-refractivity contribution is -0.152. The topological polar surface area (TPSA) is 84.5 Å². The molecule has 0 bridgehead atoms. The first-order chi connectivity index (χ1) is 12.8. The van der Waals surface area contributed by atoms with E-state index < -0.39 is 23.9 Å². The monoisotopic (exact) mass is 408 g/mol. The Bertz CT molecular complexity index is 853. The van der Waals surface area contributed by atoms with Crippen LogP contribution >= 0.6 is 23.2 Å². The van der Waals surface area contributed by atoms with Crippen molar-refractivity contribution in [2.75, 3.05) is 11.9 Å². The van der Waals surface area contributed by atoms with Crippen LogP contribution in [-0.2, 0) is 14.3 Å². The van der Waals surface area contributed by atoms with Crippen LogP contribution in [0.2, 0.25) is 10.0 Å². The summed E-state index contributed by atoms with van der Waals surface area (Å²) in [4.78, 5) is 35.9. The van der Waals surface area contributed by atoms with Gasteiger partial charge in [-0.3, -0.25) is 14.4 Å². The smallest absolute Gasteiger partial charge is 0.326 e. The second kappa shape index (κ2) is 9.39. The highest BCUT2D eigenvalue weighted by molar-refractivity contribution is 6.42. The molecule has 0 aliphatic rings. The molecule has 0 heterocycles.